The van der Waals surface area contributed by atoms with E-state index in [0.717, 1.165) is 42.4 Å². The van der Waals surface area contributed by atoms with Crippen molar-refractivity contribution in [3.05, 3.63) is 40.4 Å². The van der Waals surface area contributed by atoms with Crippen LogP contribution in [0.2, 0.25) is 0 Å². The fourth-order valence-corrected chi connectivity index (χ4v) is 2.59. The summed E-state index contributed by atoms with van der Waals surface area (Å²) in [6, 6.07) is 6.33. The van der Waals surface area contributed by atoms with Gasteiger partial charge in [0, 0.05) is 11.8 Å². The third kappa shape index (κ3) is 3.90. The van der Waals surface area contributed by atoms with Gasteiger partial charge in [-0.1, -0.05) is 25.5 Å². The minimum Gasteiger partial charge on any atom is -0.493 e. The fourth-order valence-electron chi connectivity index (χ4n) is 1.97. The van der Waals surface area contributed by atoms with Crippen LogP contribution in [-0.4, -0.2) is 18.3 Å². The smallest absolute Gasteiger partial charge is 0.208 e. The molecule has 1 aromatic carbocycles. The maximum atomic E-state index is 5.77. The van der Waals surface area contributed by atoms with Crippen molar-refractivity contribution in [3.63, 3.8) is 0 Å². The first-order valence-electron chi connectivity index (χ1n) is 6.86. The second-order valence-corrected chi connectivity index (χ2v) is 5.59. The van der Waals surface area contributed by atoms with Gasteiger partial charge in [0.2, 0.25) is 5.13 Å². The van der Waals surface area contributed by atoms with Crippen LogP contribution >= 0.6 is 11.3 Å². The number of aromatic nitrogens is 1. The quantitative estimate of drug-likeness (QED) is 0.553. The largest absolute Gasteiger partial charge is 0.493 e. The van der Waals surface area contributed by atoms with E-state index in [1.165, 1.54) is 22.5 Å². The number of hydrogen-bond donors (Lipinski definition) is 0. The number of nitrogens with zero attached hydrogens (tertiary/aromatic N) is 2. The lowest BCUT2D eigenvalue weighted by atomic mass is 10.1. The molecule has 0 unspecified atom stereocenters. The first-order chi connectivity index (χ1) is 9.72. The molecule has 0 spiro atoms. The Bertz CT molecular complexity index is 578. The molecule has 20 heavy (non-hydrogen) atoms. The average molecular weight is 288 g/mol. The molecular weight excluding hydrogens is 268 g/mol. The van der Waals surface area contributed by atoms with Crippen molar-refractivity contribution in [2.24, 2.45) is 4.99 Å². The molecule has 0 atom stereocenters. The molecule has 0 bridgehead atoms. The molecule has 0 fully saturated rings. The second-order valence-electron chi connectivity index (χ2n) is 4.76. The summed E-state index contributed by atoms with van der Waals surface area (Å²) in [7, 11) is 0. The maximum Gasteiger partial charge on any atom is 0.208 e. The van der Waals surface area contributed by atoms with Crippen LogP contribution < -0.4 is 4.74 Å². The van der Waals surface area contributed by atoms with E-state index in [-0.39, 0.29) is 0 Å². The number of thiazole rings is 1. The summed E-state index contributed by atoms with van der Waals surface area (Å²) >= 11 is 1.52. The number of rotatable bonds is 7. The van der Waals surface area contributed by atoms with Gasteiger partial charge in [-0.3, -0.25) is 0 Å². The molecule has 0 aliphatic heterocycles. The van der Waals surface area contributed by atoms with Crippen LogP contribution in [0.15, 0.2) is 28.6 Å². The Hall–Kier alpha value is -1.68. The number of hydrogen-bond acceptors (Lipinski definition) is 4. The van der Waals surface area contributed by atoms with Crippen LogP contribution in [0.1, 0.15) is 36.6 Å². The molecule has 0 saturated heterocycles. The van der Waals surface area contributed by atoms with Crippen molar-refractivity contribution in [2.75, 3.05) is 6.61 Å². The molecule has 0 aliphatic carbocycles. The Balaban J connectivity index is 2.02. The van der Waals surface area contributed by atoms with Crippen LogP contribution in [0, 0.1) is 6.92 Å². The lowest BCUT2D eigenvalue weighted by Gasteiger charge is -2.10. The van der Waals surface area contributed by atoms with Crippen molar-refractivity contribution < 1.29 is 4.74 Å². The normalized spacial score (nSPS) is 10.5. The zero-order valence-electron chi connectivity index (χ0n) is 12.1. The minimum absolute atomic E-state index is 0.733. The highest BCUT2D eigenvalue weighted by molar-refractivity contribution is 7.13. The van der Waals surface area contributed by atoms with E-state index in [2.05, 4.69) is 48.7 Å². The number of aliphatic imine (C=N–C) groups is 1. The van der Waals surface area contributed by atoms with Crippen molar-refractivity contribution >= 4 is 23.2 Å². The molecule has 0 amide bonds. The maximum absolute atomic E-state index is 5.77. The summed E-state index contributed by atoms with van der Waals surface area (Å²) in [4.78, 5) is 8.24. The molecule has 4 heteroatoms. The molecule has 2 aromatic rings. The molecular formula is C16H20N2OS. The first kappa shape index (κ1) is 14.7. The zero-order valence-corrected chi connectivity index (χ0v) is 12.9. The average Bonchev–Trinajstić information content (AvgIpc) is 2.89. The van der Waals surface area contributed by atoms with Crippen molar-refractivity contribution in [2.45, 2.75) is 33.1 Å². The highest BCUT2D eigenvalue weighted by Crippen LogP contribution is 2.23. The summed E-state index contributed by atoms with van der Waals surface area (Å²) in [6.07, 6.45) is 3.07. The van der Waals surface area contributed by atoms with Gasteiger partial charge in [-0.25, -0.2) is 9.98 Å². The second kappa shape index (κ2) is 7.20. The topological polar surface area (TPSA) is 34.5 Å². The molecule has 1 heterocycles. The van der Waals surface area contributed by atoms with E-state index in [4.69, 9.17) is 4.74 Å². The van der Waals surface area contributed by atoms with Gasteiger partial charge >= 0.3 is 0 Å². The Morgan fingerprint density at radius 1 is 1.40 bits per heavy atom. The third-order valence-corrected chi connectivity index (χ3v) is 3.88. The Morgan fingerprint density at radius 3 is 2.90 bits per heavy atom. The van der Waals surface area contributed by atoms with Gasteiger partial charge in [0.15, 0.2) is 0 Å². The summed E-state index contributed by atoms with van der Waals surface area (Å²) < 4.78 is 5.77. The van der Waals surface area contributed by atoms with Gasteiger partial charge in [0.25, 0.3) is 0 Å². The van der Waals surface area contributed by atoms with Crippen molar-refractivity contribution in [1.29, 1.82) is 0 Å². The SMILES string of the molecule is C=Nc1nc(Cc2ccc(OCCCC)c(C)c2)cs1. The Labute approximate surface area is 124 Å². The van der Waals surface area contributed by atoms with Crippen LogP contribution in [0.4, 0.5) is 5.13 Å². The van der Waals surface area contributed by atoms with Crippen LogP contribution in [0.25, 0.3) is 0 Å². The molecule has 2 rings (SSSR count). The third-order valence-electron chi connectivity index (χ3n) is 3.05. The summed E-state index contributed by atoms with van der Waals surface area (Å²) in [6.45, 7) is 8.53. The molecule has 3 nitrogen and oxygen atoms in total. The van der Waals surface area contributed by atoms with Gasteiger partial charge in [-0.05, 0) is 37.3 Å². The van der Waals surface area contributed by atoms with Gasteiger partial charge in [0.1, 0.15) is 5.75 Å². The zero-order chi connectivity index (χ0) is 14.4. The monoisotopic (exact) mass is 288 g/mol. The molecule has 0 N–H and O–H groups in total. The number of ether oxygens (including phenoxy) is 1. The Morgan fingerprint density at radius 2 is 2.25 bits per heavy atom. The molecule has 0 aliphatic rings. The fraction of sp³-hybridized carbons (Fsp3) is 0.375. The highest BCUT2D eigenvalue weighted by Gasteiger charge is 2.05. The minimum atomic E-state index is 0.733. The van der Waals surface area contributed by atoms with Crippen LogP contribution in [0.3, 0.4) is 0 Å². The van der Waals surface area contributed by atoms with Gasteiger partial charge in [-0.15, -0.1) is 11.3 Å². The van der Waals surface area contributed by atoms with Crippen molar-refractivity contribution in [1.82, 2.24) is 4.98 Å². The molecule has 1 aromatic heterocycles. The highest BCUT2D eigenvalue weighted by atomic mass is 32.1. The lowest BCUT2D eigenvalue weighted by molar-refractivity contribution is 0.307. The van der Waals surface area contributed by atoms with E-state index >= 15 is 0 Å². The first-order valence-corrected chi connectivity index (χ1v) is 7.74. The van der Waals surface area contributed by atoms with Crippen LogP contribution in [-0.2, 0) is 6.42 Å². The standard InChI is InChI=1S/C16H20N2OS/c1-4-5-8-19-15-7-6-13(9-12(15)2)10-14-11-20-16(17-3)18-14/h6-7,9,11H,3-5,8,10H2,1-2H3. The summed E-state index contributed by atoms with van der Waals surface area (Å²) in [5.74, 6) is 0.980. The Kier molecular flexibility index (Phi) is 5.30. The summed E-state index contributed by atoms with van der Waals surface area (Å²) in [5.41, 5.74) is 3.46. The van der Waals surface area contributed by atoms with Crippen LogP contribution in [0.5, 0.6) is 5.75 Å². The number of unbranched alkanes of at least 4 members (excludes halogenated alkanes) is 1. The van der Waals surface area contributed by atoms with E-state index in [1.54, 1.807) is 0 Å². The van der Waals surface area contributed by atoms with E-state index in [0.29, 0.717) is 0 Å². The van der Waals surface area contributed by atoms with Crippen molar-refractivity contribution in [3.8, 4) is 5.75 Å². The van der Waals surface area contributed by atoms with Gasteiger partial charge < -0.3 is 4.74 Å². The number of benzene rings is 1. The predicted octanol–water partition coefficient (Wildman–Crippen LogP) is 4.55. The number of aryl methyl sites for hydroxylation is 1. The molecule has 0 radical (unpaired) electrons. The molecule has 106 valence electrons. The van der Waals surface area contributed by atoms with E-state index in [9.17, 15) is 0 Å². The predicted molar refractivity (Wildman–Crippen MR) is 85.7 cm³/mol. The lowest BCUT2D eigenvalue weighted by Crippen LogP contribution is -1.99. The van der Waals surface area contributed by atoms with E-state index in [1.807, 2.05) is 5.38 Å². The molecule has 0 saturated carbocycles. The summed E-state index contributed by atoms with van der Waals surface area (Å²) in [5, 5.41) is 2.77. The van der Waals surface area contributed by atoms with Gasteiger partial charge in [0.05, 0.1) is 12.3 Å². The van der Waals surface area contributed by atoms with Gasteiger partial charge in [-0.2, -0.15) is 0 Å². The van der Waals surface area contributed by atoms with E-state index < -0.39 is 0 Å².